The number of halogens is 1. The van der Waals surface area contributed by atoms with Crippen LogP contribution in [0.15, 0.2) is 23.1 Å². The highest BCUT2D eigenvalue weighted by Crippen LogP contribution is 2.26. The Balaban J connectivity index is 2.22. The van der Waals surface area contributed by atoms with Crippen LogP contribution in [0.4, 0.5) is 5.82 Å². The Bertz CT molecular complexity index is 812. The fourth-order valence-corrected chi connectivity index (χ4v) is 2.92. The first-order valence-electron chi connectivity index (χ1n) is 7.25. The zero-order valence-electron chi connectivity index (χ0n) is 12.5. The van der Waals surface area contributed by atoms with E-state index in [-0.39, 0.29) is 15.9 Å². The molecule has 2 aromatic heterocycles. The molecular weight excluding hydrogens is 366 g/mol. The normalized spacial score (nSPS) is 16.5. The van der Waals surface area contributed by atoms with Gasteiger partial charge in [0.05, 0.1) is 18.8 Å². The van der Waals surface area contributed by atoms with Crippen LogP contribution in [0.25, 0.3) is 5.65 Å². The van der Waals surface area contributed by atoms with Crippen LogP contribution in [0.1, 0.15) is 27.7 Å². The van der Waals surface area contributed by atoms with Crippen molar-refractivity contribution in [3.63, 3.8) is 0 Å². The molecule has 0 saturated carbocycles. The van der Waals surface area contributed by atoms with Crippen molar-refractivity contribution in [3.05, 3.63) is 39.8 Å². The minimum Gasteiger partial charge on any atom is -0.478 e. The molecule has 122 valence electrons. The molecule has 1 N–H and O–H groups in total. The second-order valence-electron chi connectivity index (χ2n) is 5.35. The number of carboxylic acid groups (broad SMARTS) is 1. The summed E-state index contributed by atoms with van der Waals surface area (Å²) in [5.74, 6) is -0.485. The molecule has 1 saturated heterocycles. The van der Waals surface area contributed by atoms with Gasteiger partial charge in [0, 0.05) is 35.7 Å². The number of morpholine rings is 1. The number of pyridine rings is 1. The number of fused-ring (bicyclic) bond motifs is 1. The van der Waals surface area contributed by atoms with Crippen LogP contribution in [0.3, 0.4) is 0 Å². The van der Waals surface area contributed by atoms with Crippen molar-refractivity contribution in [2.45, 2.75) is 11.8 Å². The quantitative estimate of drug-likeness (QED) is 0.814. The molecule has 0 aliphatic carbocycles. The summed E-state index contributed by atoms with van der Waals surface area (Å²) in [6, 6.07) is 2.99. The second-order valence-corrected chi connectivity index (χ2v) is 6.72. The Labute approximate surface area is 140 Å². The van der Waals surface area contributed by atoms with E-state index in [0.29, 0.717) is 43.3 Å². The molecule has 1 atom stereocenters. The molecule has 1 fully saturated rings. The number of rotatable bonds is 3. The van der Waals surface area contributed by atoms with Crippen molar-refractivity contribution in [2.24, 2.45) is 0 Å². The highest BCUT2D eigenvalue weighted by atomic mass is 79.9. The smallest absolute Gasteiger partial charge is 0.337 e. The number of carbonyl (C=O) groups is 1. The van der Waals surface area contributed by atoms with Gasteiger partial charge in [-0.1, -0.05) is 15.9 Å². The molecule has 0 aromatic carbocycles. The highest BCUT2D eigenvalue weighted by molar-refractivity contribution is 9.09. The topological polar surface area (TPSA) is 84.1 Å². The van der Waals surface area contributed by atoms with E-state index in [9.17, 15) is 14.7 Å². The van der Waals surface area contributed by atoms with E-state index in [1.54, 1.807) is 6.07 Å². The van der Waals surface area contributed by atoms with Gasteiger partial charge in [0.25, 0.3) is 5.56 Å². The van der Waals surface area contributed by atoms with Gasteiger partial charge in [0.15, 0.2) is 0 Å². The van der Waals surface area contributed by atoms with Gasteiger partial charge < -0.3 is 14.7 Å². The number of carboxylic acids is 1. The van der Waals surface area contributed by atoms with Gasteiger partial charge >= 0.3 is 5.97 Å². The summed E-state index contributed by atoms with van der Waals surface area (Å²) in [6.07, 6.45) is 1.31. The molecule has 23 heavy (non-hydrogen) atoms. The van der Waals surface area contributed by atoms with Crippen LogP contribution in [0.5, 0.6) is 0 Å². The van der Waals surface area contributed by atoms with Crippen LogP contribution in [0.2, 0.25) is 0 Å². The van der Waals surface area contributed by atoms with E-state index in [1.165, 1.54) is 16.7 Å². The SMILES string of the molecule is CC(Br)c1cc(C(=O)O)cn2c(=O)cc(N3CCOCC3)nc12. The molecule has 7 nitrogen and oxygen atoms in total. The third-order valence-electron chi connectivity index (χ3n) is 3.79. The maximum Gasteiger partial charge on any atom is 0.337 e. The first-order valence-corrected chi connectivity index (χ1v) is 8.16. The maximum atomic E-state index is 12.4. The Morgan fingerprint density at radius 2 is 2.09 bits per heavy atom. The van der Waals surface area contributed by atoms with Gasteiger partial charge in [-0.2, -0.15) is 0 Å². The molecule has 1 unspecified atom stereocenters. The average Bonchev–Trinajstić information content (AvgIpc) is 2.54. The number of aromatic nitrogens is 2. The molecule has 0 radical (unpaired) electrons. The molecule has 0 spiro atoms. The Morgan fingerprint density at radius 1 is 1.39 bits per heavy atom. The van der Waals surface area contributed by atoms with E-state index < -0.39 is 5.97 Å². The molecule has 1 aliphatic heterocycles. The molecule has 2 aromatic rings. The van der Waals surface area contributed by atoms with E-state index in [0.717, 1.165) is 0 Å². The van der Waals surface area contributed by atoms with Crippen molar-refractivity contribution < 1.29 is 14.6 Å². The van der Waals surface area contributed by atoms with Crippen LogP contribution in [-0.2, 0) is 4.74 Å². The van der Waals surface area contributed by atoms with E-state index in [1.807, 2.05) is 11.8 Å². The molecule has 0 amide bonds. The van der Waals surface area contributed by atoms with Gasteiger partial charge in [-0.05, 0) is 13.0 Å². The zero-order chi connectivity index (χ0) is 16.6. The highest BCUT2D eigenvalue weighted by Gasteiger charge is 2.18. The van der Waals surface area contributed by atoms with Gasteiger partial charge in [-0.3, -0.25) is 9.20 Å². The maximum absolute atomic E-state index is 12.4. The predicted molar refractivity (Wildman–Crippen MR) is 88.8 cm³/mol. The lowest BCUT2D eigenvalue weighted by atomic mass is 10.1. The van der Waals surface area contributed by atoms with Gasteiger partial charge in [-0.15, -0.1) is 0 Å². The number of nitrogens with zero attached hydrogens (tertiary/aromatic N) is 3. The standard InChI is InChI=1S/C15H16BrN3O4/c1-9(16)11-6-10(15(21)22)8-19-13(20)7-12(17-14(11)19)18-2-4-23-5-3-18/h6-9H,2-5H2,1H3,(H,21,22). The van der Waals surface area contributed by atoms with Crippen molar-refractivity contribution in [1.82, 2.24) is 9.38 Å². The Hall–Kier alpha value is -1.93. The van der Waals surface area contributed by atoms with Crippen molar-refractivity contribution in [3.8, 4) is 0 Å². The summed E-state index contributed by atoms with van der Waals surface area (Å²) in [4.78, 5) is 30.2. The lowest BCUT2D eigenvalue weighted by Gasteiger charge is -2.28. The minimum atomic E-state index is -1.08. The van der Waals surface area contributed by atoms with Crippen molar-refractivity contribution in [1.29, 1.82) is 0 Å². The molecule has 3 rings (SSSR count). The molecule has 0 bridgehead atoms. The van der Waals surface area contributed by atoms with Gasteiger partial charge in [0.1, 0.15) is 11.5 Å². The Kier molecular flexibility index (Phi) is 4.36. The second kappa shape index (κ2) is 6.29. The van der Waals surface area contributed by atoms with Crippen LogP contribution >= 0.6 is 15.9 Å². The first kappa shape index (κ1) is 15.9. The summed E-state index contributed by atoms with van der Waals surface area (Å²) in [5.41, 5.74) is 0.890. The van der Waals surface area contributed by atoms with Crippen molar-refractivity contribution >= 4 is 33.4 Å². The van der Waals surface area contributed by atoms with Gasteiger partial charge in [0.2, 0.25) is 0 Å². The molecule has 8 heteroatoms. The zero-order valence-corrected chi connectivity index (χ0v) is 14.1. The number of hydrogen-bond acceptors (Lipinski definition) is 5. The molecule has 1 aliphatic rings. The minimum absolute atomic E-state index is 0.0572. The fraction of sp³-hybridized carbons (Fsp3) is 0.400. The lowest BCUT2D eigenvalue weighted by Crippen LogP contribution is -2.37. The lowest BCUT2D eigenvalue weighted by molar-refractivity contribution is 0.0696. The predicted octanol–water partition coefficient (Wildman–Crippen LogP) is 1.69. The summed E-state index contributed by atoms with van der Waals surface area (Å²) in [7, 11) is 0. The first-order chi connectivity index (χ1) is 11.0. The number of alkyl halides is 1. The fourth-order valence-electron chi connectivity index (χ4n) is 2.58. The van der Waals surface area contributed by atoms with E-state index in [4.69, 9.17) is 4.74 Å². The number of aromatic carboxylic acids is 1. The third-order valence-corrected chi connectivity index (χ3v) is 4.28. The monoisotopic (exact) mass is 381 g/mol. The van der Waals surface area contributed by atoms with E-state index in [2.05, 4.69) is 20.9 Å². The van der Waals surface area contributed by atoms with E-state index >= 15 is 0 Å². The van der Waals surface area contributed by atoms with Gasteiger partial charge in [-0.25, -0.2) is 9.78 Å². The summed E-state index contributed by atoms with van der Waals surface area (Å²) >= 11 is 3.45. The molecule has 3 heterocycles. The summed E-state index contributed by atoms with van der Waals surface area (Å²) < 4.78 is 6.61. The number of hydrogen-bond donors (Lipinski definition) is 1. The number of anilines is 1. The summed E-state index contributed by atoms with van der Waals surface area (Å²) in [6.45, 7) is 4.42. The Morgan fingerprint density at radius 3 is 2.70 bits per heavy atom. The average molecular weight is 382 g/mol. The van der Waals surface area contributed by atoms with Crippen LogP contribution in [0, 0.1) is 0 Å². The largest absolute Gasteiger partial charge is 0.478 e. The number of ether oxygens (including phenoxy) is 1. The third kappa shape index (κ3) is 3.09. The molecular formula is C15H16BrN3O4. The summed E-state index contributed by atoms with van der Waals surface area (Å²) in [5, 5.41) is 9.23. The van der Waals surface area contributed by atoms with Crippen LogP contribution in [-0.4, -0.2) is 46.8 Å². The van der Waals surface area contributed by atoms with Crippen LogP contribution < -0.4 is 10.5 Å². The van der Waals surface area contributed by atoms with Crippen molar-refractivity contribution in [2.75, 3.05) is 31.2 Å².